The summed E-state index contributed by atoms with van der Waals surface area (Å²) >= 11 is 0. The van der Waals surface area contributed by atoms with Crippen LogP contribution in [-0.2, 0) is 14.8 Å². The summed E-state index contributed by atoms with van der Waals surface area (Å²) in [6, 6.07) is 0.929. The zero-order valence-corrected chi connectivity index (χ0v) is 12.3. The standard InChI is InChI=1S/C12H18F2N2O3S/c1-7(2)11(6-19-3)16-20(17,18)12-9(13)4-8(15)5-10(12)14/h4-5,7,11,16H,6,15H2,1-3H3. The quantitative estimate of drug-likeness (QED) is 0.780. The summed E-state index contributed by atoms with van der Waals surface area (Å²) in [5, 5.41) is 0. The van der Waals surface area contributed by atoms with Gasteiger partial charge in [-0.3, -0.25) is 0 Å². The molecule has 0 spiro atoms. The van der Waals surface area contributed by atoms with Gasteiger partial charge in [0.25, 0.3) is 0 Å². The molecule has 0 heterocycles. The normalized spacial score (nSPS) is 13.7. The Morgan fingerprint density at radius 1 is 1.30 bits per heavy atom. The van der Waals surface area contributed by atoms with Gasteiger partial charge in [0.2, 0.25) is 10.0 Å². The molecule has 1 unspecified atom stereocenters. The molecule has 3 N–H and O–H groups in total. The lowest BCUT2D eigenvalue weighted by Crippen LogP contribution is -2.42. The van der Waals surface area contributed by atoms with E-state index in [2.05, 4.69) is 4.72 Å². The fourth-order valence-corrected chi connectivity index (χ4v) is 3.12. The van der Waals surface area contributed by atoms with Crippen LogP contribution in [0.5, 0.6) is 0 Å². The van der Waals surface area contributed by atoms with E-state index in [-0.39, 0.29) is 18.2 Å². The zero-order chi connectivity index (χ0) is 15.5. The Morgan fingerprint density at radius 2 is 1.80 bits per heavy atom. The molecule has 0 radical (unpaired) electrons. The Balaban J connectivity index is 3.17. The van der Waals surface area contributed by atoms with Crippen molar-refractivity contribution in [1.29, 1.82) is 0 Å². The van der Waals surface area contributed by atoms with Crippen LogP contribution in [0.25, 0.3) is 0 Å². The second-order valence-electron chi connectivity index (χ2n) is 4.74. The molecule has 20 heavy (non-hydrogen) atoms. The smallest absolute Gasteiger partial charge is 0.246 e. The molecule has 8 heteroatoms. The molecule has 0 saturated carbocycles. The van der Waals surface area contributed by atoms with Gasteiger partial charge in [0, 0.05) is 18.8 Å². The molecule has 1 atom stereocenters. The van der Waals surface area contributed by atoms with Crippen LogP contribution in [0.15, 0.2) is 17.0 Å². The topological polar surface area (TPSA) is 81.4 Å². The monoisotopic (exact) mass is 308 g/mol. The highest BCUT2D eigenvalue weighted by atomic mass is 32.2. The number of methoxy groups -OCH3 is 1. The molecular weight excluding hydrogens is 290 g/mol. The molecule has 1 rings (SSSR count). The number of anilines is 1. The maximum atomic E-state index is 13.7. The minimum Gasteiger partial charge on any atom is -0.399 e. The molecule has 0 bridgehead atoms. The van der Waals surface area contributed by atoms with Crippen LogP contribution in [0.1, 0.15) is 13.8 Å². The molecule has 0 aliphatic heterocycles. The molecule has 0 fully saturated rings. The summed E-state index contributed by atoms with van der Waals surface area (Å²) in [6.07, 6.45) is 0. The second kappa shape index (κ2) is 6.47. The fourth-order valence-electron chi connectivity index (χ4n) is 1.64. The average molecular weight is 308 g/mol. The van der Waals surface area contributed by atoms with Crippen molar-refractivity contribution in [1.82, 2.24) is 4.72 Å². The Hall–Kier alpha value is -1.25. The Bertz CT molecular complexity index is 553. The Labute approximate surface area is 117 Å². The highest BCUT2D eigenvalue weighted by Crippen LogP contribution is 2.22. The van der Waals surface area contributed by atoms with Gasteiger partial charge in [-0.25, -0.2) is 21.9 Å². The van der Waals surface area contributed by atoms with Crippen LogP contribution in [-0.4, -0.2) is 28.2 Å². The summed E-state index contributed by atoms with van der Waals surface area (Å²) in [4.78, 5) is -1.03. The third-order valence-corrected chi connectivity index (χ3v) is 4.29. The third kappa shape index (κ3) is 3.87. The minimum atomic E-state index is -4.34. The number of nitrogen functional groups attached to an aromatic ring is 1. The van der Waals surface area contributed by atoms with Gasteiger partial charge in [-0.2, -0.15) is 0 Å². The van der Waals surface area contributed by atoms with Gasteiger partial charge >= 0.3 is 0 Å². The first kappa shape index (κ1) is 16.8. The van der Waals surface area contributed by atoms with E-state index in [9.17, 15) is 17.2 Å². The number of hydrogen-bond donors (Lipinski definition) is 2. The van der Waals surface area contributed by atoms with Crippen molar-refractivity contribution in [3.8, 4) is 0 Å². The summed E-state index contributed by atoms with van der Waals surface area (Å²) < 4.78 is 58.7. The Morgan fingerprint density at radius 3 is 2.20 bits per heavy atom. The van der Waals surface area contributed by atoms with Crippen molar-refractivity contribution in [3.05, 3.63) is 23.8 Å². The minimum absolute atomic E-state index is 0.0924. The second-order valence-corrected chi connectivity index (χ2v) is 6.39. The maximum absolute atomic E-state index is 13.7. The summed E-state index contributed by atoms with van der Waals surface area (Å²) in [6.45, 7) is 3.62. The lowest BCUT2D eigenvalue weighted by Gasteiger charge is -2.21. The molecule has 1 aromatic rings. The third-order valence-electron chi connectivity index (χ3n) is 2.75. The SMILES string of the molecule is COCC(NS(=O)(=O)c1c(F)cc(N)cc1F)C(C)C. The van der Waals surface area contributed by atoms with Crippen molar-refractivity contribution in [2.75, 3.05) is 19.5 Å². The molecule has 0 aromatic heterocycles. The van der Waals surface area contributed by atoms with Crippen LogP contribution >= 0.6 is 0 Å². The van der Waals surface area contributed by atoms with Crippen molar-refractivity contribution < 1.29 is 21.9 Å². The predicted molar refractivity (Wildman–Crippen MR) is 71.6 cm³/mol. The van der Waals surface area contributed by atoms with Crippen LogP contribution in [0.4, 0.5) is 14.5 Å². The number of hydrogen-bond acceptors (Lipinski definition) is 4. The van der Waals surface area contributed by atoms with E-state index in [0.29, 0.717) is 0 Å². The van der Waals surface area contributed by atoms with Crippen molar-refractivity contribution in [2.24, 2.45) is 5.92 Å². The zero-order valence-electron chi connectivity index (χ0n) is 11.5. The Kier molecular flexibility index (Phi) is 5.43. The first-order valence-electron chi connectivity index (χ1n) is 5.94. The van der Waals surface area contributed by atoms with Crippen LogP contribution < -0.4 is 10.5 Å². The lowest BCUT2D eigenvalue weighted by atomic mass is 10.1. The van der Waals surface area contributed by atoms with Gasteiger partial charge in [0.1, 0.15) is 11.6 Å². The molecule has 0 aliphatic carbocycles. The van der Waals surface area contributed by atoms with Crippen molar-refractivity contribution >= 4 is 15.7 Å². The van der Waals surface area contributed by atoms with Crippen molar-refractivity contribution in [3.63, 3.8) is 0 Å². The molecular formula is C12H18F2N2O3S. The highest BCUT2D eigenvalue weighted by Gasteiger charge is 2.28. The van der Waals surface area contributed by atoms with E-state index in [1.54, 1.807) is 13.8 Å². The number of sulfonamides is 1. The van der Waals surface area contributed by atoms with E-state index in [1.165, 1.54) is 7.11 Å². The van der Waals surface area contributed by atoms with Gasteiger partial charge in [0.05, 0.1) is 6.61 Å². The van der Waals surface area contributed by atoms with E-state index >= 15 is 0 Å². The fraction of sp³-hybridized carbons (Fsp3) is 0.500. The number of nitrogens with two attached hydrogens (primary N) is 1. The van der Waals surface area contributed by atoms with Crippen LogP contribution in [0.3, 0.4) is 0 Å². The summed E-state index contributed by atoms with van der Waals surface area (Å²) in [7, 11) is -2.93. The number of halogens is 2. The van der Waals surface area contributed by atoms with Crippen LogP contribution in [0.2, 0.25) is 0 Å². The maximum Gasteiger partial charge on any atom is 0.246 e. The number of nitrogens with one attached hydrogen (secondary N) is 1. The van der Waals surface area contributed by atoms with Gasteiger partial charge in [-0.15, -0.1) is 0 Å². The van der Waals surface area contributed by atoms with Gasteiger partial charge in [0.15, 0.2) is 4.90 Å². The van der Waals surface area contributed by atoms with E-state index in [0.717, 1.165) is 12.1 Å². The van der Waals surface area contributed by atoms with Gasteiger partial charge < -0.3 is 10.5 Å². The molecule has 0 aliphatic rings. The summed E-state index contributed by atoms with van der Waals surface area (Å²) in [5.74, 6) is -2.56. The van der Waals surface area contributed by atoms with E-state index in [4.69, 9.17) is 10.5 Å². The first-order chi connectivity index (χ1) is 9.19. The van der Waals surface area contributed by atoms with Crippen molar-refractivity contribution in [2.45, 2.75) is 24.8 Å². The lowest BCUT2D eigenvalue weighted by molar-refractivity contribution is 0.157. The molecule has 1 aromatic carbocycles. The predicted octanol–water partition coefficient (Wildman–Crippen LogP) is 1.50. The van der Waals surface area contributed by atoms with Gasteiger partial charge in [-0.1, -0.05) is 13.8 Å². The molecule has 114 valence electrons. The average Bonchev–Trinajstić information content (AvgIpc) is 2.25. The molecule has 0 amide bonds. The number of ether oxygens (including phenoxy) is 1. The van der Waals surface area contributed by atoms with Crippen LogP contribution in [0, 0.1) is 17.6 Å². The highest BCUT2D eigenvalue weighted by molar-refractivity contribution is 7.89. The molecule has 5 nitrogen and oxygen atoms in total. The van der Waals surface area contributed by atoms with E-state index < -0.39 is 32.6 Å². The largest absolute Gasteiger partial charge is 0.399 e. The van der Waals surface area contributed by atoms with Gasteiger partial charge in [-0.05, 0) is 18.1 Å². The first-order valence-corrected chi connectivity index (χ1v) is 7.43. The number of benzene rings is 1. The number of rotatable bonds is 6. The molecule has 0 saturated heterocycles. The summed E-state index contributed by atoms with van der Waals surface area (Å²) in [5.41, 5.74) is 5.07. The van der Waals surface area contributed by atoms with E-state index in [1.807, 2.05) is 0 Å².